The van der Waals surface area contributed by atoms with Gasteiger partial charge in [0, 0.05) is 40.6 Å². The van der Waals surface area contributed by atoms with Gasteiger partial charge in [0.2, 0.25) is 0 Å². The van der Waals surface area contributed by atoms with E-state index in [9.17, 15) is 9.90 Å². The predicted molar refractivity (Wildman–Crippen MR) is 104 cm³/mol. The van der Waals surface area contributed by atoms with Crippen molar-refractivity contribution in [3.05, 3.63) is 102 Å². The van der Waals surface area contributed by atoms with E-state index in [1.807, 2.05) is 28.8 Å². The van der Waals surface area contributed by atoms with Gasteiger partial charge in [0.25, 0.3) is 0 Å². The molecule has 1 unspecified atom stereocenters. The molecule has 0 saturated heterocycles. The molecule has 0 spiro atoms. The average molecular weight is 439 g/mol. The molecule has 0 bridgehead atoms. The van der Waals surface area contributed by atoms with Crippen LogP contribution in [0, 0.1) is 0 Å². The second-order valence-electron chi connectivity index (χ2n) is 5.61. The Morgan fingerprint density at radius 3 is 2.48 bits per heavy atom. The minimum Gasteiger partial charge on any atom is -0.383 e. The van der Waals surface area contributed by atoms with Crippen LogP contribution >= 0.6 is 39.1 Å². The Balaban J connectivity index is 1.95. The van der Waals surface area contributed by atoms with Gasteiger partial charge in [-0.1, -0.05) is 63.4 Å². The zero-order chi connectivity index (χ0) is 18.0. The number of halogens is 3. The highest BCUT2D eigenvalue weighted by Gasteiger charge is 2.18. The van der Waals surface area contributed by atoms with Crippen molar-refractivity contribution in [3.63, 3.8) is 0 Å². The third-order valence-corrected chi connectivity index (χ3v) is 5.22. The maximum Gasteiger partial charge on any atom is 0.187 e. The van der Waals surface area contributed by atoms with Crippen molar-refractivity contribution in [3.8, 4) is 0 Å². The molecule has 0 aliphatic heterocycles. The van der Waals surface area contributed by atoms with Crippen LogP contribution in [0.2, 0.25) is 10.0 Å². The van der Waals surface area contributed by atoms with Crippen molar-refractivity contribution in [2.45, 2.75) is 12.6 Å². The molecule has 0 aliphatic carbocycles. The molecule has 1 heterocycles. The number of aromatic nitrogens is 1. The van der Waals surface area contributed by atoms with Crippen molar-refractivity contribution in [1.29, 1.82) is 0 Å². The first kappa shape index (κ1) is 18.2. The molecule has 128 valence electrons. The van der Waals surface area contributed by atoms with Crippen LogP contribution in [0.3, 0.4) is 0 Å². The third-order valence-electron chi connectivity index (χ3n) is 3.86. The highest BCUT2D eigenvalue weighted by atomic mass is 79.9. The number of aliphatic hydroxyl groups excluding tert-OH is 1. The Morgan fingerprint density at radius 1 is 1.04 bits per heavy atom. The van der Waals surface area contributed by atoms with E-state index in [-0.39, 0.29) is 16.0 Å². The molecule has 6 heteroatoms. The van der Waals surface area contributed by atoms with Crippen molar-refractivity contribution >= 4 is 39.1 Å². The molecule has 3 nitrogen and oxygen atoms in total. The van der Waals surface area contributed by atoms with Gasteiger partial charge in [-0.25, -0.2) is 0 Å². The summed E-state index contributed by atoms with van der Waals surface area (Å²) in [5.41, 5.74) is 1.49. The van der Waals surface area contributed by atoms with Gasteiger partial charge in [0.1, 0.15) is 6.10 Å². The molecule has 0 radical (unpaired) electrons. The fraction of sp³-hybridized carbons (Fsp3) is 0.105. The van der Waals surface area contributed by atoms with Crippen LogP contribution in [0.1, 0.15) is 22.8 Å². The summed E-state index contributed by atoms with van der Waals surface area (Å²) >= 11 is 15.6. The van der Waals surface area contributed by atoms with Gasteiger partial charge in [-0.2, -0.15) is 0 Å². The van der Waals surface area contributed by atoms with Gasteiger partial charge in [-0.3, -0.25) is 4.79 Å². The second-order valence-corrected chi connectivity index (χ2v) is 7.31. The Labute approximate surface area is 163 Å². The van der Waals surface area contributed by atoms with Crippen LogP contribution < -0.4 is 5.43 Å². The summed E-state index contributed by atoms with van der Waals surface area (Å²) in [5, 5.41) is 11.2. The predicted octanol–water partition coefficient (Wildman–Crippen LogP) is 5.05. The third kappa shape index (κ3) is 4.15. The summed E-state index contributed by atoms with van der Waals surface area (Å²) < 4.78 is 2.85. The van der Waals surface area contributed by atoms with Crippen LogP contribution in [-0.4, -0.2) is 9.67 Å². The highest BCUT2D eigenvalue weighted by Crippen LogP contribution is 2.32. The lowest BCUT2D eigenvalue weighted by atomic mass is 10.0. The van der Waals surface area contributed by atoms with Crippen LogP contribution in [0.15, 0.2) is 70.2 Å². The minimum atomic E-state index is -1.14. The van der Waals surface area contributed by atoms with E-state index in [1.165, 1.54) is 6.07 Å². The smallest absolute Gasteiger partial charge is 0.187 e. The van der Waals surface area contributed by atoms with E-state index in [1.54, 1.807) is 30.6 Å². The summed E-state index contributed by atoms with van der Waals surface area (Å²) in [4.78, 5) is 12.2. The van der Waals surface area contributed by atoms with Gasteiger partial charge in [-0.05, 0) is 23.8 Å². The fourth-order valence-electron chi connectivity index (χ4n) is 2.55. The molecule has 3 aromatic rings. The van der Waals surface area contributed by atoms with Gasteiger partial charge in [0.15, 0.2) is 5.43 Å². The largest absolute Gasteiger partial charge is 0.383 e. The Morgan fingerprint density at radius 2 is 1.76 bits per heavy atom. The first-order valence-corrected chi connectivity index (χ1v) is 9.07. The Kier molecular flexibility index (Phi) is 5.64. The molecular weight excluding hydrogens is 425 g/mol. The second kappa shape index (κ2) is 7.75. The maximum absolute atomic E-state index is 12.2. The Bertz CT molecular complexity index is 954. The summed E-state index contributed by atoms with van der Waals surface area (Å²) in [7, 11) is 0. The molecule has 0 aliphatic rings. The molecule has 0 saturated carbocycles. The number of rotatable bonds is 4. The lowest BCUT2D eigenvalue weighted by Gasteiger charge is -2.15. The van der Waals surface area contributed by atoms with Crippen molar-refractivity contribution in [2.24, 2.45) is 0 Å². The summed E-state index contributed by atoms with van der Waals surface area (Å²) in [6.45, 7) is 0.580. The first-order valence-electron chi connectivity index (χ1n) is 7.52. The van der Waals surface area contributed by atoms with E-state index >= 15 is 0 Å². The van der Waals surface area contributed by atoms with E-state index in [4.69, 9.17) is 23.2 Å². The molecule has 1 aromatic heterocycles. The van der Waals surface area contributed by atoms with Crippen LogP contribution in [0.25, 0.3) is 0 Å². The number of benzene rings is 2. The maximum atomic E-state index is 12.2. The normalized spacial score (nSPS) is 12.2. The zero-order valence-electron chi connectivity index (χ0n) is 13.0. The first-order chi connectivity index (χ1) is 12.0. The van der Waals surface area contributed by atoms with E-state index in [0.717, 1.165) is 10.0 Å². The average Bonchev–Trinajstić information content (AvgIpc) is 2.60. The van der Waals surface area contributed by atoms with E-state index in [0.29, 0.717) is 17.1 Å². The molecular formula is C19H14BrCl2NO2. The van der Waals surface area contributed by atoms with Crippen LogP contribution in [0.4, 0.5) is 0 Å². The van der Waals surface area contributed by atoms with Crippen molar-refractivity contribution in [1.82, 2.24) is 4.57 Å². The van der Waals surface area contributed by atoms with Crippen molar-refractivity contribution in [2.75, 3.05) is 0 Å². The van der Waals surface area contributed by atoms with Gasteiger partial charge < -0.3 is 9.67 Å². The summed E-state index contributed by atoms with van der Waals surface area (Å²) in [6, 6.07) is 14.3. The molecule has 0 amide bonds. The number of aliphatic hydroxyl groups is 1. The summed E-state index contributed by atoms with van der Waals surface area (Å²) in [5.74, 6) is 0. The Hall–Kier alpha value is -1.59. The SMILES string of the molecule is O=c1ccn(Cc2ccc(Br)cc2)cc1C(O)c1cccc(Cl)c1Cl. The molecule has 25 heavy (non-hydrogen) atoms. The minimum absolute atomic E-state index is 0.249. The number of hydrogen-bond acceptors (Lipinski definition) is 2. The molecule has 0 fully saturated rings. The van der Waals surface area contributed by atoms with E-state index in [2.05, 4.69) is 15.9 Å². The van der Waals surface area contributed by atoms with Gasteiger partial charge in [0.05, 0.1) is 10.0 Å². The van der Waals surface area contributed by atoms with Crippen LogP contribution in [-0.2, 0) is 6.54 Å². The fourth-order valence-corrected chi connectivity index (χ4v) is 3.22. The zero-order valence-corrected chi connectivity index (χ0v) is 16.1. The lowest BCUT2D eigenvalue weighted by molar-refractivity contribution is 0.218. The van der Waals surface area contributed by atoms with Crippen molar-refractivity contribution < 1.29 is 5.11 Å². The molecule has 1 atom stereocenters. The monoisotopic (exact) mass is 437 g/mol. The van der Waals surface area contributed by atoms with Gasteiger partial charge in [-0.15, -0.1) is 0 Å². The van der Waals surface area contributed by atoms with Gasteiger partial charge >= 0.3 is 0 Å². The molecule has 3 rings (SSSR count). The lowest BCUT2D eigenvalue weighted by Crippen LogP contribution is -2.17. The summed E-state index contributed by atoms with van der Waals surface area (Å²) in [6.07, 6.45) is 2.20. The standard InChI is InChI=1S/C19H14BrCl2NO2/c20-13-6-4-12(5-7-13)10-23-9-8-17(24)15(11-23)19(25)14-2-1-3-16(21)18(14)22/h1-9,11,19,25H,10H2. The molecule has 2 aromatic carbocycles. The van der Waals surface area contributed by atoms with Crippen LogP contribution in [0.5, 0.6) is 0 Å². The number of hydrogen-bond donors (Lipinski definition) is 1. The number of nitrogens with zero attached hydrogens (tertiary/aromatic N) is 1. The highest BCUT2D eigenvalue weighted by molar-refractivity contribution is 9.10. The molecule has 1 N–H and O–H groups in total. The number of pyridine rings is 1. The topological polar surface area (TPSA) is 42.2 Å². The quantitative estimate of drug-likeness (QED) is 0.619. The van der Waals surface area contributed by atoms with E-state index < -0.39 is 6.10 Å².